The number of hydrogen-bond donors (Lipinski definition) is 2. The van der Waals surface area contributed by atoms with Gasteiger partial charge in [0.25, 0.3) is 0 Å². The van der Waals surface area contributed by atoms with Gasteiger partial charge in [0.2, 0.25) is 0 Å². The van der Waals surface area contributed by atoms with E-state index in [2.05, 4.69) is 61.3 Å². The number of aliphatic hydroxyl groups excluding tert-OH is 1. The molecular formula is C16H26N2O. The molecule has 0 saturated carbocycles. The van der Waals surface area contributed by atoms with Crippen LogP contribution in [0.25, 0.3) is 0 Å². The summed E-state index contributed by atoms with van der Waals surface area (Å²) in [5.41, 5.74) is 1.49. The lowest BCUT2D eigenvalue weighted by atomic mass is 9.94. The number of benzene rings is 1. The molecule has 2 atom stereocenters. The summed E-state index contributed by atoms with van der Waals surface area (Å²) < 4.78 is 0. The highest BCUT2D eigenvalue weighted by Gasteiger charge is 2.34. The number of aliphatic hydroxyl groups is 1. The molecule has 3 heteroatoms. The first-order valence-electron chi connectivity index (χ1n) is 7.20. The summed E-state index contributed by atoms with van der Waals surface area (Å²) in [5, 5.41) is 12.9. The van der Waals surface area contributed by atoms with Crippen LogP contribution in [0.1, 0.15) is 38.8 Å². The van der Waals surface area contributed by atoms with Gasteiger partial charge < -0.3 is 10.4 Å². The van der Waals surface area contributed by atoms with E-state index < -0.39 is 0 Å². The lowest BCUT2D eigenvalue weighted by Gasteiger charge is -2.42. The molecule has 0 bridgehead atoms. The molecule has 1 saturated heterocycles. The highest BCUT2D eigenvalue weighted by Crippen LogP contribution is 2.31. The lowest BCUT2D eigenvalue weighted by Crippen LogP contribution is -2.48. The molecule has 106 valence electrons. The molecule has 1 aliphatic heterocycles. The number of nitrogens with zero attached hydrogens (tertiary/aromatic N) is 1. The van der Waals surface area contributed by atoms with Crippen LogP contribution < -0.4 is 5.32 Å². The van der Waals surface area contributed by atoms with E-state index >= 15 is 0 Å². The molecule has 0 amide bonds. The van der Waals surface area contributed by atoms with Crippen molar-refractivity contribution in [2.24, 2.45) is 0 Å². The summed E-state index contributed by atoms with van der Waals surface area (Å²) in [4.78, 5) is 2.52. The zero-order valence-corrected chi connectivity index (χ0v) is 12.3. The van der Waals surface area contributed by atoms with Gasteiger partial charge in [0, 0.05) is 24.2 Å². The molecule has 1 aromatic rings. The Labute approximate surface area is 116 Å². The fourth-order valence-corrected chi connectivity index (χ4v) is 2.99. The zero-order valence-electron chi connectivity index (χ0n) is 12.3. The average molecular weight is 262 g/mol. The van der Waals surface area contributed by atoms with Crippen molar-refractivity contribution in [3.63, 3.8) is 0 Å². The van der Waals surface area contributed by atoms with Gasteiger partial charge in [-0.15, -0.1) is 0 Å². The van der Waals surface area contributed by atoms with Crippen molar-refractivity contribution in [2.45, 2.75) is 44.8 Å². The Morgan fingerprint density at radius 2 is 2.05 bits per heavy atom. The Bertz CT molecular complexity index is 391. The van der Waals surface area contributed by atoms with Gasteiger partial charge in [-0.1, -0.05) is 30.3 Å². The van der Waals surface area contributed by atoms with Gasteiger partial charge in [-0.25, -0.2) is 0 Å². The topological polar surface area (TPSA) is 35.5 Å². The molecular weight excluding hydrogens is 236 g/mol. The van der Waals surface area contributed by atoms with Crippen LogP contribution in [0.3, 0.4) is 0 Å². The second-order valence-electron chi connectivity index (χ2n) is 6.14. The molecule has 2 unspecified atom stereocenters. The van der Waals surface area contributed by atoms with Gasteiger partial charge in [-0.05, 0) is 39.3 Å². The molecule has 19 heavy (non-hydrogen) atoms. The van der Waals surface area contributed by atoms with Crippen LogP contribution in [0.2, 0.25) is 0 Å². The van der Waals surface area contributed by atoms with E-state index in [0.717, 1.165) is 19.5 Å². The van der Waals surface area contributed by atoms with Crippen molar-refractivity contribution in [3.8, 4) is 0 Å². The maximum Gasteiger partial charge on any atom is 0.0597 e. The van der Waals surface area contributed by atoms with E-state index in [-0.39, 0.29) is 18.2 Å². The summed E-state index contributed by atoms with van der Waals surface area (Å²) in [6.45, 7) is 8.92. The predicted molar refractivity (Wildman–Crippen MR) is 79.1 cm³/mol. The molecule has 0 aliphatic carbocycles. The maximum absolute atomic E-state index is 9.47. The van der Waals surface area contributed by atoms with Crippen molar-refractivity contribution >= 4 is 0 Å². The van der Waals surface area contributed by atoms with Gasteiger partial charge in [-0.2, -0.15) is 0 Å². The van der Waals surface area contributed by atoms with Gasteiger partial charge in [0.1, 0.15) is 0 Å². The lowest BCUT2D eigenvalue weighted by molar-refractivity contribution is 0.0680. The Balaban J connectivity index is 2.22. The molecule has 1 aromatic carbocycles. The Hall–Kier alpha value is -0.900. The van der Waals surface area contributed by atoms with Gasteiger partial charge in [0.05, 0.1) is 6.61 Å². The van der Waals surface area contributed by atoms with E-state index in [4.69, 9.17) is 0 Å². The zero-order chi connectivity index (χ0) is 13.9. The Morgan fingerprint density at radius 3 is 2.68 bits per heavy atom. The monoisotopic (exact) mass is 262 g/mol. The Kier molecular flexibility index (Phi) is 4.61. The molecule has 0 aromatic heterocycles. The second-order valence-corrected chi connectivity index (χ2v) is 6.14. The number of nitrogens with one attached hydrogen (secondary N) is 1. The second kappa shape index (κ2) is 6.04. The Morgan fingerprint density at radius 1 is 1.37 bits per heavy atom. The third kappa shape index (κ3) is 3.35. The van der Waals surface area contributed by atoms with Crippen LogP contribution in [-0.2, 0) is 0 Å². The molecule has 1 heterocycles. The minimum Gasteiger partial charge on any atom is -0.395 e. The van der Waals surface area contributed by atoms with E-state index in [1.165, 1.54) is 5.56 Å². The van der Waals surface area contributed by atoms with E-state index in [1.54, 1.807) is 0 Å². The van der Waals surface area contributed by atoms with Crippen molar-refractivity contribution in [2.75, 3.05) is 19.7 Å². The van der Waals surface area contributed by atoms with Crippen LogP contribution in [0.5, 0.6) is 0 Å². The first-order chi connectivity index (χ1) is 9.04. The van der Waals surface area contributed by atoms with Crippen LogP contribution in [0.4, 0.5) is 0 Å². The van der Waals surface area contributed by atoms with Gasteiger partial charge in [-0.3, -0.25) is 4.90 Å². The highest BCUT2D eigenvalue weighted by atomic mass is 16.3. The molecule has 2 rings (SSSR count). The van der Waals surface area contributed by atoms with Gasteiger partial charge in [0.15, 0.2) is 0 Å². The molecule has 1 fully saturated rings. The first-order valence-corrected chi connectivity index (χ1v) is 7.20. The fourth-order valence-electron chi connectivity index (χ4n) is 2.99. The number of hydrogen-bond acceptors (Lipinski definition) is 3. The quantitative estimate of drug-likeness (QED) is 0.876. The SMILES string of the molecule is CC(c1ccccc1)N1CC(CO)NCCC1(C)C. The summed E-state index contributed by atoms with van der Waals surface area (Å²) >= 11 is 0. The summed E-state index contributed by atoms with van der Waals surface area (Å²) in [5.74, 6) is 0. The predicted octanol–water partition coefficient (Wildman–Crippen LogP) is 2.18. The van der Waals surface area contributed by atoms with Crippen LogP contribution in [-0.4, -0.2) is 41.3 Å². The third-order valence-corrected chi connectivity index (χ3v) is 4.33. The normalized spacial score (nSPS) is 25.8. The van der Waals surface area contributed by atoms with Crippen molar-refractivity contribution in [1.82, 2.24) is 10.2 Å². The van der Waals surface area contributed by atoms with E-state index in [1.807, 2.05) is 0 Å². The van der Waals surface area contributed by atoms with Crippen molar-refractivity contribution in [1.29, 1.82) is 0 Å². The molecule has 1 aliphatic rings. The average Bonchev–Trinajstić information content (AvgIpc) is 2.57. The highest BCUT2D eigenvalue weighted by molar-refractivity contribution is 5.19. The summed E-state index contributed by atoms with van der Waals surface area (Å²) in [6.07, 6.45) is 1.10. The van der Waals surface area contributed by atoms with Crippen LogP contribution in [0, 0.1) is 0 Å². The van der Waals surface area contributed by atoms with Crippen molar-refractivity contribution in [3.05, 3.63) is 35.9 Å². The molecule has 2 N–H and O–H groups in total. The van der Waals surface area contributed by atoms with E-state index in [0.29, 0.717) is 6.04 Å². The van der Waals surface area contributed by atoms with Crippen molar-refractivity contribution < 1.29 is 5.11 Å². The minimum atomic E-state index is 0.145. The number of rotatable bonds is 3. The minimum absolute atomic E-state index is 0.145. The third-order valence-electron chi connectivity index (χ3n) is 4.33. The maximum atomic E-state index is 9.47. The molecule has 0 radical (unpaired) electrons. The largest absolute Gasteiger partial charge is 0.395 e. The van der Waals surface area contributed by atoms with Gasteiger partial charge >= 0.3 is 0 Å². The first kappa shape index (κ1) is 14.5. The van der Waals surface area contributed by atoms with Crippen LogP contribution >= 0.6 is 0 Å². The smallest absolute Gasteiger partial charge is 0.0597 e. The standard InChI is InChI=1S/C16H26N2O/c1-13(14-7-5-4-6-8-14)18-11-15(12-19)17-10-9-16(18,2)3/h4-8,13,15,17,19H,9-12H2,1-3H3. The molecule has 0 spiro atoms. The summed E-state index contributed by atoms with van der Waals surface area (Å²) in [6, 6.07) is 11.2. The summed E-state index contributed by atoms with van der Waals surface area (Å²) in [7, 11) is 0. The molecule has 3 nitrogen and oxygen atoms in total. The van der Waals surface area contributed by atoms with E-state index in [9.17, 15) is 5.11 Å². The van der Waals surface area contributed by atoms with Crippen LogP contribution in [0.15, 0.2) is 30.3 Å². The fraction of sp³-hybridized carbons (Fsp3) is 0.625.